The largest absolute Gasteiger partial charge is 0.459 e. The molecular weight excluding hydrogens is 445 g/mol. The van der Waals surface area contributed by atoms with Crippen LogP contribution in [0.3, 0.4) is 0 Å². The molecule has 33 heavy (non-hydrogen) atoms. The van der Waals surface area contributed by atoms with Crippen molar-refractivity contribution >= 4 is 11.9 Å². The number of nitrogens with zero attached hydrogens (tertiary/aromatic N) is 2. The fraction of sp³-hybridized carbons (Fsp3) is 0.700. The van der Waals surface area contributed by atoms with Gasteiger partial charge >= 0.3 is 17.6 Å². The van der Waals surface area contributed by atoms with Crippen LogP contribution in [0, 0.1) is 11.8 Å². The molecule has 4 atom stereocenters. The monoisotopic (exact) mass is 473 g/mol. The Bertz CT molecular complexity index is 988. The smallest absolute Gasteiger partial charge is 0.335 e. The molecule has 184 valence electrons. The van der Waals surface area contributed by atoms with E-state index in [1.54, 1.807) is 0 Å². The Kier molecular flexibility index (Phi) is 7.67. The van der Waals surface area contributed by atoms with Gasteiger partial charge in [0.2, 0.25) is 0 Å². The van der Waals surface area contributed by atoms with Gasteiger partial charge in [-0.3, -0.25) is 19.0 Å². The molecule has 0 spiro atoms. The van der Waals surface area contributed by atoms with E-state index in [1.807, 2.05) is 0 Å². The molecule has 1 aromatic rings. The fourth-order valence-electron chi connectivity index (χ4n) is 3.58. The van der Waals surface area contributed by atoms with Crippen molar-refractivity contribution in [1.29, 1.82) is 0 Å². The molecule has 0 bridgehead atoms. The highest BCUT2D eigenvalue weighted by Gasteiger charge is 2.57. The third-order valence-corrected chi connectivity index (χ3v) is 5.63. The van der Waals surface area contributed by atoms with Crippen molar-refractivity contribution in [2.24, 2.45) is 11.8 Å². The number of nitrogens with one attached hydrogen (secondary N) is 1. The summed E-state index contributed by atoms with van der Waals surface area (Å²) in [6.07, 6.45) is -3.72. The zero-order valence-corrected chi connectivity index (χ0v) is 18.3. The van der Waals surface area contributed by atoms with Gasteiger partial charge in [0.15, 0.2) is 19.6 Å². The highest BCUT2D eigenvalue weighted by Crippen LogP contribution is 2.38. The van der Waals surface area contributed by atoms with Gasteiger partial charge in [-0.1, -0.05) is 13.8 Å². The van der Waals surface area contributed by atoms with Crippen molar-refractivity contribution in [3.05, 3.63) is 33.1 Å². The summed E-state index contributed by atoms with van der Waals surface area (Å²) in [7, 11) is 0. The number of halogens is 1. The zero-order chi connectivity index (χ0) is 24.3. The minimum absolute atomic E-state index is 0.358. The Morgan fingerprint density at radius 2 is 1.94 bits per heavy atom. The van der Waals surface area contributed by atoms with Crippen LogP contribution in [0.15, 0.2) is 21.9 Å². The van der Waals surface area contributed by atoms with Crippen LogP contribution in [0.25, 0.3) is 0 Å². The molecule has 0 aliphatic carbocycles. The Labute approximate surface area is 187 Å². The van der Waals surface area contributed by atoms with Crippen LogP contribution in [-0.4, -0.2) is 69.0 Å². The first-order valence-electron chi connectivity index (χ1n) is 10.6. The molecule has 2 fully saturated rings. The molecule has 0 aromatic carbocycles. The van der Waals surface area contributed by atoms with Crippen molar-refractivity contribution < 1.29 is 38.4 Å². The minimum atomic E-state index is -2.99. The number of aliphatic hydroxyl groups is 2. The molecule has 2 aliphatic heterocycles. The number of hydrogen-bond donors (Lipinski definition) is 3. The lowest BCUT2D eigenvalue weighted by Crippen LogP contribution is -2.44. The lowest BCUT2D eigenvalue weighted by Gasteiger charge is -2.23. The highest BCUT2D eigenvalue weighted by molar-refractivity contribution is 5.72. The molecule has 3 N–H and O–H groups in total. The van der Waals surface area contributed by atoms with Crippen LogP contribution in [0.1, 0.15) is 32.9 Å². The van der Waals surface area contributed by atoms with Crippen LogP contribution in [0.5, 0.6) is 0 Å². The molecule has 2 saturated heterocycles. The number of aliphatic hydroxyl groups excluding tert-OH is 2. The van der Waals surface area contributed by atoms with Crippen LogP contribution < -0.4 is 16.6 Å². The summed E-state index contributed by atoms with van der Waals surface area (Å²) < 4.78 is 31.4. The van der Waals surface area contributed by atoms with Gasteiger partial charge in [0.05, 0.1) is 11.8 Å². The normalized spacial score (nSPS) is 28.1. The summed E-state index contributed by atoms with van der Waals surface area (Å²) in [5, 5.41) is 23.5. The van der Waals surface area contributed by atoms with E-state index < -0.39 is 66.7 Å². The average Bonchev–Trinajstić information content (AvgIpc) is 3.02. The first-order valence-corrected chi connectivity index (χ1v) is 10.6. The molecule has 13 heteroatoms. The number of esters is 2. The number of alkyl halides is 1. The molecule has 1 aromatic heterocycles. The second kappa shape index (κ2) is 10.1. The van der Waals surface area contributed by atoms with Crippen LogP contribution in [-0.2, 0) is 30.5 Å². The number of ether oxygens (including phenoxy) is 3. The Morgan fingerprint density at radius 1 is 1.27 bits per heavy atom. The number of aromatic nitrogens is 2. The quantitative estimate of drug-likeness (QED) is 0.403. The maximum atomic E-state index is 15.1. The number of hydrogen-bond acceptors (Lipinski definition) is 10. The number of carbonyl (C=O) groups is 2. The standard InChI is InChI=1S/C20H28FN3O9/c1-11(2)17(28)31-9-20(21)15(27)14(26)16(33-20)23-8-5-13(25)24(19(23)30)10-32-18(29)12-3-6-22-7-4-12/h5,8,11-12,14-16,22,26-27H,3-4,6-7,9-10H2,1-2H3/t14-,15+,16-,20-/m1/s1. The Morgan fingerprint density at radius 3 is 2.58 bits per heavy atom. The predicted octanol–water partition coefficient (Wildman–Crippen LogP) is -1.37. The summed E-state index contributed by atoms with van der Waals surface area (Å²) in [6.45, 7) is 2.65. The van der Waals surface area contributed by atoms with E-state index in [4.69, 9.17) is 14.2 Å². The molecule has 3 rings (SSSR count). The Hall–Kier alpha value is -2.61. The summed E-state index contributed by atoms with van der Waals surface area (Å²) in [5.41, 5.74) is -1.85. The second-order valence-electron chi connectivity index (χ2n) is 8.38. The van der Waals surface area contributed by atoms with E-state index in [0.717, 1.165) is 12.3 Å². The third-order valence-electron chi connectivity index (χ3n) is 5.63. The molecule has 12 nitrogen and oxygen atoms in total. The summed E-state index contributed by atoms with van der Waals surface area (Å²) in [4.78, 5) is 48.9. The van der Waals surface area contributed by atoms with Crippen molar-refractivity contribution in [3.63, 3.8) is 0 Å². The zero-order valence-electron chi connectivity index (χ0n) is 18.3. The van der Waals surface area contributed by atoms with Gasteiger partial charge in [0, 0.05) is 12.3 Å². The summed E-state index contributed by atoms with van der Waals surface area (Å²) in [6, 6.07) is 0.944. The molecule has 0 unspecified atom stereocenters. The van der Waals surface area contributed by atoms with Crippen molar-refractivity contribution in [3.8, 4) is 0 Å². The van der Waals surface area contributed by atoms with E-state index in [2.05, 4.69) is 5.32 Å². The molecular formula is C20H28FN3O9. The van der Waals surface area contributed by atoms with Crippen LogP contribution >= 0.6 is 0 Å². The van der Waals surface area contributed by atoms with Crippen LogP contribution in [0.2, 0.25) is 0 Å². The first-order chi connectivity index (χ1) is 15.5. The van der Waals surface area contributed by atoms with Crippen molar-refractivity contribution in [2.75, 3.05) is 19.7 Å². The number of rotatable bonds is 7. The summed E-state index contributed by atoms with van der Waals surface area (Å²) in [5.74, 6) is -5.21. The molecule has 2 aliphatic rings. The SMILES string of the molecule is CC(C)C(=O)OC[C@@]1(F)O[C@@H](n2ccc(=O)n(COC(=O)C3CCNCC3)c2=O)[C@H](O)[C@@H]1O. The van der Waals surface area contributed by atoms with E-state index in [0.29, 0.717) is 35.1 Å². The molecule has 0 saturated carbocycles. The average molecular weight is 473 g/mol. The second-order valence-corrected chi connectivity index (χ2v) is 8.38. The van der Waals surface area contributed by atoms with E-state index in [1.165, 1.54) is 13.8 Å². The van der Waals surface area contributed by atoms with Gasteiger partial charge in [-0.15, -0.1) is 0 Å². The van der Waals surface area contributed by atoms with E-state index in [9.17, 15) is 29.4 Å². The van der Waals surface area contributed by atoms with E-state index >= 15 is 4.39 Å². The molecule has 3 heterocycles. The predicted molar refractivity (Wildman–Crippen MR) is 108 cm³/mol. The van der Waals surface area contributed by atoms with Gasteiger partial charge in [0.25, 0.3) is 11.4 Å². The lowest BCUT2D eigenvalue weighted by molar-refractivity contribution is -0.218. The topological polar surface area (TPSA) is 158 Å². The maximum Gasteiger partial charge on any atom is 0.335 e. The van der Waals surface area contributed by atoms with E-state index in [-0.39, 0.29) is 5.92 Å². The number of carbonyl (C=O) groups excluding carboxylic acids is 2. The first kappa shape index (κ1) is 25.0. The van der Waals surface area contributed by atoms with Gasteiger partial charge in [-0.25, -0.2) is 13.8 Å². The maximum absolute atomic E-state index is 15.1. The van der Waals surface area contributed by atoms with Gasteiger partial charge in [-0.05, 0) is 25.9 Å². The highest BCUT2D eigenvalue weighted by atomic mass is 19.2. The van der Waals surface area contributed by atoms with Gasteiger partial charge in [-0.2, -0.15) is 0 Å². The van der Waals surface area contributed by atoms with Crippen molar-refractivity contribution in [2.45, 2.75) is 57.7 Å². The van der Waals surface area contributed by atoms with Gasteiger partial charge < -0.3 is 29.7 Å². The summed E-state index contributed by atoms with van der Waals surface area (Å²) >= 11 is 0. The molecule has 0 radical (unpaired) electrons. The Balaban J connectivity index is 1.76. The van der Waals surface area contributed by atoms with Crippen LogP contribution in [0.4, 0.5) is 4.39 Å². The molecule has 0 amide bonds. The van der Waals surface area contributed by atoms with Gasteiger partial charge in [0.1, 0.15) is 12.2 Å². The lowest BCUT2D eigenvalue weighted by atomic mass is 9.99. The number of piperidine rings is 1. The minimum Gasteiger partial charge on any atom is -0.459 e. The third kappa shape index (κ3) is 5.32. The van der Waals surface area contributed by atoms with Crippen molar-refractivity contribution in [1.82, 2.24) is 14.5 Å². The fourth-order valence-corrected chi connectivity index (χ4v) is 3.58.